The Balaban J connectivity index is 1.83. The summed E-state index contributed by atoms with van der Waals surface area (Å²) in [7, 11) is 0. The van der Waals surface area contributed by atoms with Gasteiger partial charge in [-0.2, -0.15) is 0 Å². The molecule has 27 heavy (non-hydrogen) atoms. The number of aromatic nitrogens is 3. The van der Waals surface area contributed by atoms with E-state index in [1.165, 1.54) is 5.56 Å². The smallest absolute Gasteiger partial charge is 0.305 e. The van der Waals surface area contributed by atoms with Crippen molar-refractivity contribution in [1.29, 1.82) is 0 Å². The number of hydrogen-bond acceptors (Lipinski definition) is 5. The van der Waals surface area contributed by atoms with Crippen LogP contribution in [0.25, 0.3) is 17.1 Å². The fraction of sp³-hybridized carbons (Fsp3) is 0.286. The molecule has 0 fully saturated rings. The predicted octanol–water partition coefficient (Wildman–Crippen LogP) is 4.68. The highest BCUT2D eigenvalue weighted by Crippen LogP contribution is 2.28. The van der Waals surface area contributed by atoms with Crippen LogP contribution in [0.1, 0.15) is 25.3 Å². The molecule has 1 heterocycles. The number of benzene rings is 2. The summed E-state index contributed by atoms with van der Waals surface area (Å²) in [5.74, 6) is 1.44. The molecular weight excluding hydrogens is 358 g/mol. The summed E-state index contributed by atoms with van der Waals surface area (Å²) < 4.78 is 7.05. The van der Waals surface area contributed by atoms with Gasteiger partial charge < -0.3 is 4.74 Å². The second kappa shape index (κ2) is 9.37. The molecule has 6 heteroatoms. The van der Waals surface area contributed by atoms with Crippen molar-refractivity contribution in [2.24, 2.45) is 0 Å². The van der Waals surface area contributed by atoms with Gasteiger partial charge >= 0.3 is 5.97 Å². The zero-order valence-corrected chi connectivity index (χ0v) is 16.4. The lowest BCUT2D eigenvalue weighted by Gasteiger charge is -2.10. The van der Waals surface area contributed by atoms with Crippen molar-refractivity contribution in [2.45, 2.75) is 31.8 Å². The topological polar surface area (TPSA) is 57.0 Å². The molecule has 0 aliphatic heterocycles. The van der Waals surface area contributed by atoms with Crippen molar-refractivity contribution < 1.29 is 9.53 Å². The molecule has 0 atom stereocenters. The van der Waals surface area contributed by atoms with Crippen LogP contribution in [0.3, 0.4) is 0 Å². The number of carbonyl (C=O) groups excluding carboxylic acids is 1. The maximum atomic E-state index is 11.5. The van der Waals surface area contributed by atoms with E-state index < -0.39 is 0 Å². The SMILES string of the molecule is CCOC(=O)CCCSc1nnc(-c2cccc(C)c2)n1-c1ccccc1. The van der Waals surface area contributed by atoms with Crippen molar-refractivity contribution in [3.63, 3.8) is 0 Å². The minimum absolute atomic E-state index is 0.150. The van der Waals surface area contributed by atoms with Gasteiger partial charge in [-0.1, -0.05) is 53.7 Å². The standard InChI is InChI=1S/C21H23N3O2S/c1-3-26-19(25)13-8-14-27-21-23-22-20(17-10-7-9-16(2)15-17)24(21)18-11-5-4-6-12-18/h4-7,9-12,15H,3,8,13-14H2,1-2H3. The number of carbonyl (C=O) groups is 1. The third kappa shape index (κ3) is 4.98. The molecule has 2 aromatic carbocycles. The Kier molecular flexibility index (Phi) is 6.65. The Morgan fingerprint density at radius 3 is 2.67 bits per heavy atom. The van der Waals surface area contributed by atoms with E-state index in [1.54, 1.807) is 11.8 Å². The summed E-state index contributed by atoms with van der Waals surface area (Å²) in [5, 5.41) is 9.68. The number of para-hydroxylation sites is 1. The summed E-state index contributed by atoms with van der Waals surface area (Å²) in [6.07, 6.45) is 1.16. The Morgan fingerprint density at radius 2 is 1.93 bits per heavy atom. The minimum atomic E-state index is -0.150. The van der Waals surface area contributed by atoms with Gasteiger partial charge in [-0.25, -0.2) is 0 Å². The van der Waals surface area contributed by atoms with Crippen molar-refractivity contribution in [3.8, 4) is 17.1 Å². The summed E-state index contributed by atoms with van der Waals surface area (Å²) in [4.78, 5) is 11.5. The zero-order valence-electron chi connectivity index (χ0n) is 15.6. The quantitative estimate of drug-likeness (QED) is 0.322. The van der Waals surface area contributed by atoms with Crippen LogP contribution in [-0.4, -0.2) is 33.1 Å². The van der Waals surface area contributed by atoms with Crippen LogP contribution >= 0.6 is 11.8 Å². The van der Waals surface area contributed by atoms with E-state index in [1.807, 2.05) is 49.4 Å². The van der Waals surface area contributed by atoms with E-state index in [9.17, 15) is 4.79 Å². The molecule has 5 nitrogen and oxygen atoms in total. The highest BCUT2D eigenvalue weighted by Gasteiger charge is 2.16. The third-order valence-electron chi connectivity index (χ3n) is 3.99. The molecule has 0 saturated heterocycles. The van der Waals surface area contributed by atoms with Gasteiger partial charge in [0.05, 0.1) is 6.61 Å². The van der Waals surface area contributed by atoms with Gasteiger partial charge in [0, 0.05) is 23.4 Å². The fourth-order valence-electron chi connectivity index (χ4n) is 2.76. The van der Waals surface area contributed by atoms with Crippen LogP contribution in [0.2, 0.25) is 0 Å². The molecule has 0 amide bonds. The third-order valence-corrected chi connectivity index (χ3v) is 5.00. The highest BCUT2D eigenvalue weighted by molar-refractivity contribution is 7.99. The van der Waals surface area contributed by atoms with Crippen molar-refractivity contribution in [3.05, 3.63) is 60.2 Å². The monoisotopic (exact) mass is 381 g/mol. The van der Waals surface area contributed by atoms with Crippen LogP contribution in [0, 0.1) is 6.92 Å². The molecule has 0 saturated carbocycles. The average Bonchev–Trinajstić information content (AvgIpc) is 3.10. The van der Waals surface area contributed by atoms with Gasteiger partial charge in [-0.05, 0) is 38.5 Å². The molecule has 0 spiro atoms. The van der Waals surface area contributed by atoms with E-state index in [0.717, 1.165) is 34.4 Å². The lowest BCUT2D eigenvalue weighted by atomic mass is 10.1. The van der Waals surface area contributed by atoms with Gasteiger partial charge in [0.25, 0.3) is 0 Å². The molecular formula is C21H23N3O2S. The molecule has 0 unspecified atom stereocenters. The first-order chi connectivity index (χ1) is 13.2. The summed E-state index contributed by atoms with van der Waals surface area (Å²) in [5.41, 5.74) is 3.23. The summed E-state index contributed by atoms with van der Waals surface area (Å²) in [6, 6.07) is 18.3. The zero-order chi connectivity index (χ0) is 19.1. The number of thioether (sulfide) groups is 1. The van der Waals surface area contributed by atoms with Gasteiger partial charge in [0.1, 0.15) is 0 Å². The first-order valence-corrected chi connectivity index (χ1v) is 10.0. The second-order valence-electron chi connectivity index (χ2n) is 6.10. The maximum absolute atomic E-state index is 11.5. The first-order valence-electron chi connectivity index (χ1n) is 9.05. The van der Waals surface area contributed by atoms with Gasteiger partial charge in [-0.15, -0.1) is 10.2 Å². The van der Waals surface area contributed by atoms with E-state index >= 15 is 0 Å². The highest BCUT2D eigenvalue weighted by atomic mass is 32.2. The lowest BCUT2D eigenvalue weighted by Crippen LogP contribution is -2.04. The Bertz CT molecular complexity index is 893. The maximum Gasteiger partial charge on any atom is 0.305 e. The van der Waals surface area contributed by atoms with Crippen LogP contribution in [0.5, 0.6) is 0 Å². The Morgan fingerprint density at radius 1 is 1.11 bits per heavy atom. The van der Waals surface area contributed by atoms with E-state index in [4.69, 9.17) is 4.74 Å². The van der Waals surface area contributed by atoms with E-state index in [0.29, 0.717) is 13.0 Å². The number of nitrogens with zero attached hydrogens (tertiary/aromatic N) is 3. The first kappa shape index (κ1) is 19.2. The lowest BCUT2D eigenvalue weighted by molar-refractivity contribution is -0.143. The van der Waals surface area contributed by atoms with Crippen LogP contribution in [0.15, 0.2) is 59.8 Å². The number of hydrogen-bond donors (Lipinski definition) is 0. The van der Waals surface area contributed by atoms with Crippen molar-refractivity contribution >= 4 is 17.7 Å². The number of aryl methyl sites for hydroxylation is 1. The van der Waals surface area contributed by atoms with Gasteiger partial charge in [0.2, 0.25) is 0 Å². The molecule has 0 aliphatic rings. The second-order valence-corrected chi connectivity index (χ2v) is 7.17. The average molecular weight is 382 g/mol. The number of ether oxygens (including phenoxy) is 1. The largest absolute Gasteiger partial charge is 0.466 e. The molecule has 3 aromatic rings. The fourth-order valence-corrected chi connectivity index (χ4v) is 3.65. The molecule has 0 aliphatic carbocycles. The molecule has 0 N–H and O–H groups in total. The molecule has 0 radical (unpaired) electrons. The van der Waals surface area contributed by atoms with E-state index in [-0.39, 0.29) is 5.97 Å². The Labute approximate surface area is 163 Å². The number of esters is 1. The van der Waals surface area contributed by atoms with Crippen LogP contribution in [-0.2, 0) is 9.53 Å². The van der Waals surface area contributed by atoms with Crippen molar-refractivity contribution in [2.75, 3.05) is 12.4 Å². The molecule has 0 bridgehead atoms. The van der Waals surface area contributed by atoms with Crippen LogP contribution < -0.4 is 0 Å². The minimum Gasteiger partial charge on any atom is -0.466 e. The molecule has 3 rings (SSSR count). The summed E-state index contributed by atoms with van der Waals surface area (Å²) in [6.45, 7) is 4.31. The van der Waals surface area contributed by atoms with Gasteiger partial charge in [0.15, 0.2) is 11.0 Å². The molecule has 1 aromatic heterocycles. The predicted molar refractivity (Wildman–Crippen MR) is 108 cm³/mol. The molecule has 140 valence electrons. The normalized spacial score (nSPS) is 10.7. The van der Waals surface area contributed by atoms with Crippen LogP contribution in [0.4, 0.5) is 0 Å². The summed E-state index contributed by atoms with van der Waals surface area (Å²) >= 11 is 1.60. The van der Waals surface area contributed by atoms with Gasteiger partial charge in [-0.3, -0.25) is 9.36 Å². The van der Waals surface area contributed by atoms with Crippen molar-refractivity contribution in [1.82, 2.24) is 14.8 Å². The Hall–Kier alpha value is -2.60. The number of rotatable bonds is 8. The van der Waals surface area contributed by atoms with E-state index in [2.05, 4.69) is 33.8 Å².